The predicted molar refractivity (Wildman–Crippen MR) is 91.0 cm³/mol. The first kappa shape index (κ1) is 19.2. The number of fused-ring (bicyclic) bond motifs is 1. The van der Waals surface area contributed by atoms with Crippen LogP contribution in [0.3, 0.4) is 0 Å². The van der Waals surface area contributed by atoms with E-state index in [1.807, 2.05) is 6.92 Å². The van der Waals surface area contributed by atoms with Crippen molar-refractivity contribution in [1.82, 2.24) is 19.5 Å². The lowest BCUT2D eigenvalue weighted by molar-refractivity contribution is -0.118. The van der Waals surface area contributed by atoms with Crippen molar-refractivity contribution in [2.75, 3.05) is 12.4 Å². The van der Waals surface area contributed by atoms with E-state index >= 15 is 0 Å². The molecule has 0 saturated heterocycles. The Hall–Kier alpha value is -1.08. The Morgan fingerprint density at radius 2 is 1.92 bits per heavy atom. The summed E-state index contributed by atoms with van der Waals surface area (Å²) >= 11 is 6.41. The number of imidazole rings is 1. The van der Waals surface area contributed by atoms with Crippen LogP contribution in [0.1, 0.15) is 12.3 Å². The van der Waals surface area contributed by atoms with Crippen molar-refractivity contribution in [2.24, 2.45) is 0 Å². The third-order valence-corrected chi connectivity index (χ3v) is 5.04. The lowest BCUT2D eigenvalue weighted by Gasteiger charge is -2.31. The minimum Gasteiger partial charge on any atom is -0.394 e. The van der Waals surface area contributed by atoms with E-state index < -0.39 is 36.4 Å². The summed E-state index contributed by atoms with van der Waals surface area (Å²) in [7, 11) is 0. The lowest BCUT2D eigenvalue weighted by atomic mass is 10.0. The molecule has 0 saturated carbocycles. The minimum atomic E-state index is -1.69. The van der Waals surface area contributed by atoms with E-state index in [2.05, 4.69) is 15.0 Å². The Labute approximate surface area is 147 Å². The molecule has 0 spiro atoms. The number of hydrogen-bond acceptors (Lipinski definition) is 9. The smallest absolute Gasteiger partial charge is 0.157 e. The van der Waals surface area contributed by atoms with Crippen molar-refractivity contribution in [3.05, 3.63) is 17.3 Å². The fourth-order valence-electron chi connectivity index (χ4n) is 2.29. The SMILES string of the molecule is CCS[C@@H]([C@H](O)[C@H](O)[C@H](O)[C@H](O)CO)n1cnc2c(=S)nc[nH]c21. The molecule has 0 aliphatic heterocycles. The molecule has 0 aliphatic carbocycles. The van der Waals surface area contributed by atoms with Gasteiger partial charge in [0, 0.05) is 0 Å². The van der Waals surface area contributed by atoms with Gasteiger partial charge in [-0.2, -0.15) is 0 Å². The molecule has 0 aromatic carbocycles. The molecule has 0 aliphatic rings. The van der Waals surface area contributed by atoms with Crippen LogP contribution in [0.2, 0.25) is 0 Å². The van der Waals surface area contributed by atoms with Gasteiger partial charge in [0.15, 0.2) is 4.64 Å². The van der Waals surface area contributed by atoms with E-state index in [0.717, 1.165) is 0 Å². The second-order valence-electron chi connectivity index (χ2n) is 5.12. The standard InChI is InChI=1S/C13H20N4O5S2/c1-2-24-13(10(22)9(21)8(20)6(19)3-18)17-5-16-7-11(17)14-4-15-12(7)23/h4-6,8-10,13,18-22H,2-3H2,1H3,(H,14,15,23)/t6-,8-,9-,10-,13+/m1/s1. The number of H-pyrrole nitrogens is 1. The molecule has 0 unspecified atom stereocenters. The van der Waals surface area contributed by atoms with Gasteiger partial charge in [-0.15, -0.1) is 11.8 Å². The summed E-state index contributed by atoms with van der Waals surface area (Å²) in [5.74, 6) is 0.610. The van der Waals surface area contributed by atoms with Crippen molar-refractivity contribution in [3.63, 3.8) is 0 Å². The zero-order chi connectivity index (χ0) is 17.9. The van der Waals surface area contributed by atoms with Gasteiger partial charge in [-0.25, -0.2) is 9.97 Å². The number of nitrogens with zero attached hydrogens (tertiary/aromatic N) is 3. The van der Waals surface area contributed by atoms with Crippen LogP contribution < -0.4 is 0 Å². The molecule has 0 amide bonds. The second-order valence-corrected chi connectivity index (χ2v) is 6.90. The molecule has 0 fully saturated rings. The predicted octanol–water partition coefficient (Wildman–Crippen LogP) is -0.824. The second kappa shape index (κ2) is 8.34. The molecule has 2 rings (SSSR count). The maximum absolute atomic E-state index is 10.5. The summed E-state index contributed by atoms with van der Waals surface area (Å²) in [4.78, 5) is 11.0. The van der Waals surface area contributed by atoms with Crippen molar-refractivity contribution in [1.29, 1.82) is 0 Å². The number of hydrogen-bond donors (Lipinski definition) is 6. The molecule has 0 bridgehead atoms. The van der Waals surface area contributed by atoms with Gasteiger partial charge in [0.1, 0.15) is 41.0 Å². The lowest BCUT2D eigenvalue weighted by Crippen LogP contribution is -2.48. The topological polar surface area (TPSA) is 148 Å². The van der Waals surface area contributed by atoms with E-state index in [-0.39, 0.29) is 0 Å². The molecule has 5 atom stereocenters. The Bertz CT molecular complexity index is 724. The number of aromatic amines is 1. The number of nitrogens with one attached hydrogen (secondary N) is 1. The first-order valence-corrected chi connectivity index (χ1v) is 8.73. The maximum atomic E-state index is 10.5. The van der Waals surface area contributed by atoms with Crippen molar-refractivity contribution < 1.29 is 25.5 Å². The van der Waals surface area contributed by atoms with Crippen LogP contribution in [0.15, 0.2) is 12.7 Å². The highest BCUT2D eigenvalue weighted by atomic mass is 32.2. The van der Waals surface area contributed by atoms with Gasteiger partial charge in [0.05, 0.1) is 19.3 Å². The first-order chi connectivity index (χ1) is 11.4. The zero-order valence-corrected chi connectivity index (χ0v) is 14.5. The molecule has 11 heteroatoms. The average Bonchev–Trinajstić information content (AvgIpc) is 3.02. The van der Waals surface area contributed by atoms with Crippen molar-refractivity contribution >= 4 is 35.1 Å². The Morgan fingerprint density at radius 3 is 2.54 bits per heavy atom. The molecule has 134 valence electrons. The highest BCUT2D eigenvalue weighted by molar-refractivity contribution is 7.99. The molecule has 2 aromatic rings. The fraction of sp³-hybridized carbons (Fsp3) is 0.615. The Kier molecular flexibility index (Phi) is 6.69. The monoisotopic (exact) mass is 376 g/mol. The van der Waals surface area contributed by atoms with Crippen molar-refractivity contribution in [3.8, 4) is 0 Å². The molecule has 9 nitrogen and oxygen atoms in total. The van der Waals surface area contributed by atoms with E-state index in [1.54, 1.807) is 4.57 Å². The highest BCUT2D eigenvalue weighted by Gasteiger charge is 2.36. The van der Waals surface area contributed by atoms with E-state index in [9.17, 15) is 20.4 Å². The number of rotatable bonds is 8. The Morgan fingerprint density at radius 1 is 1.21 bits per heavy atom. The fourth-order valence-corrected chi connectivity index (χ4v) is 3.51. The van der Waals surface area contributed by atoms with E-state index in [0.29, 0.717) is 21.6 Å². The van der Waals surface area contributed by atoms with Gasteiger partial charge < -0.3 is 35.1 Å². The van der Waals surface area contributed by atoms with Gasteiger partial charge in [-0.1, -0.05) is 19.1 Å². The number of thioether (sulfide) groups is 1. The van der Waals surface area contributed by atoms with Crippen LogP contribution in [0.5, 0.6) is 0 Å². The van der Waals surface area contributed by atoms with Gasteiger partial charge in [-0.3, -0.25) is 0 Å². The van der Waals surface area contributed by atoms with Gasteiger partial charge in [0.25, 0.3) is 0 Å². The molecular weight excluding hydrogens is 356 g/mol. The van der Waals surface area contributed by atoms with Crippen LogP contribution in [0.4, 0.5) is 0 Å². The summed E-state index contributed by atoms with van der Waals surface area (Å²) < 4.78 is 1.89. The van der Waals surface area contributed by atoms with Crippen LogP contribution in [-0.4, -0.2) is 81.8 Å². The molecule has 6 N–H and O–H groups in total. The van der Waals surface area contributed by atoms with Crippen LogP contribution in [0, 0.1) is 4.64 Å². The highest BCUT2D eigenvalue weighted by Crippen LogP contribution is 2.31. The third kappa shape index (κ3) is 3.77. The number of aliphatic hydroxyl groups excluding tert-OH is 5. The zero-order valence-electron chi connectivity index (χ0n) is 12.8. The average molecular weight is 376 g/mol. The summed E-state index contributed by atoms with van der Waals surface area (Å²) in [5, 5.41) is 48.1. The van der Waals surface area contributed by atoms with Crippen LogP contribution in [-0.2, 0) is 0 Å². The van der Waals surface area contributed by atoms with Crippen molar-refractivity contribution in [2.45, 2.75) is 36.7 Å². The largest absolute Gasteiger partial charge is 0.394 e. The van der Waals surface area contributed by atoms with E-state index in [4.69, 9.17) is 17.3 Å². The molecular formula is C13H20N4O5S2. The molecule has 0 radical (unpaired) electrons. The summed E-state index contributed by atoms with van der Waals surface area (Å²) in [6.45, 7) is 1.14. The maximum Gasteiger partial charge on any atom is 0.157 e. The molecule has 2 heterocycles. The van der Waals surface area contributed by atoms with Crippen LogP contribution >= 0.6 is 24.0 Å². The number of aliphatic hydroxyl groups is 5. The van der Waals surface area contributed by atoms with Gasteiger partial charge in [0.2, 0.25) is 0 Å². The normalized spacial score (nSPS) is 18.2. The van der Waals surface area contributed by atoms with Gasteiger partial charge >= 0.3 is 0 Å². The quantitative estimate of drug-likeness (QED) is 0.325. The first-order valence-electron chi connectivity index (χ1n) is 7.27. The summed E-state index contributed by atoms with van der Waals surface area (Å²) in [6, 6.07) is 0. The minimum absolute atomic E-state index is 0.300. The Balaban J connectivity index is 2.37. The summed E-state index contributed by atoms with van der Waals surface area (Å²) in [5.41, 5.74) is 0.969. The van der Waals surface area contributed by atoms with E-state index in [1.165, 1.54) is 24.4 Å². The van der Waals surface area contributed by atoms with Gasteiger partial charge in [-0.05, 0) is 5.75 Å². The third-order valence-electron chi connectivity index (χ3n) is 3.56. The van der Waals surface area contributed by atoms with Crippen LogP contribution in [0.25, 0.3) is 11.2 Å². The summed E-state index contributed by atoms with van der Waals surface area (Å²) in [6.07, 6.45) is -3.49. The number of aromatic nitrogens is 4. The molecule has 24 heavy (non-hydrogen) atoms. The molecule has 2 aromatic heterocycles.